The zero-order valence-electron chi connectivity index (χ0n) is 13.4. The lowest BCUT2D eigenvalue weighted by atomic mass is 10.0. The van der Waals surface area contributed by atoms with Gasteiger partial charge >= 0.3 is 5.97 Å². The summed E-state index contributed by atoms with van der Waals surface area (Å²) in [6.45, 7) is 0.579. The minimum atomic E-state index is -1.23. The predicted molar refractivity (Wildman–Crippen MR) is 84.3 cm³/mol. The fourth-order valence-electron chi connectivity index (χ4n) is 2.48. The van der Waals surface area contributed by atoms with Crippen molar-refractivity contribution in [1.82, 2.24) is 5.32 Å². The van der Waals surface area contributed by atoms with E-state index in [1.165, 1.54) is 24.3 Å². The monoisotopic (exact) mass is 339 g/mol. The van der Waals surface area contributed by atoms with Gasteiger partial charge in [-0.2, -0.15) is 0 Å². The largest absolute Gasteiger partial charge is 0.478 e. The minimum Gasteiger partial charge on any atom is -0.478 e. The molecule has 2 rings (SSSR count). The van der Waals surface area contributed by atoms with Crippen LogP contribution in [0.25, 0.3) is 0 Å². The molecule has 1 fully saturated rings. The van der Waals surface area contributed by atoms with Gasteiger partial charge in [-0.3, -0.25) is 4.79 Å². The van der Waals surface area contributed by atoms with Gasteiger partial charge in [0.05, 0.1) is 12.6 Å². The van der Waals surface area contributed by atoms with Crippen LogP contribution < -0.4 is 10.1 Å². The van der Waals surface area contributed by atoms with Crippen LogP contribution in [0.1, 0.15) is 32.1 Å². The van der Waals surface area contributed by atoms with E-state index in [0.29, 0.717) is 6.42 Å². The number of hydrogen-bond donors (Lipinski definition) is 2. The molecule has 1 amide bonds. The first kappa shape index (κ1) is 18.2. The third kappa shape index (κ3) is 6.16. The zero-order chi connectivity index (χ0) is 17.4. The Morgan fingerprint density at radius 3 is 2.71 bits per heavy atom. The van der Waals surface area contributed by atoms with E-state index in [2.05, 4.69) is 5.32 Å². The first-order valence-corrected chi connectivity index (χ1v) is 8.08. The fraction of sp³-hybridized carbons (Fsp3) is 0.529. The lowest BCUT2D eigenvalue weighted by Crippen LogP contribution is -2.40. The molecule has 1 saturated heterocycles. The van der Waals surface area contributed by atoms with E-state index in [-0.39, 0.29) is 30.7 Å². The topological polar surface area (TPSA) is 84.9 Å². The molecule has 0 aromatic heterocycles. The summed E-state index contributed by atoms with van der Waals surface area (Å²) in [5.74, 6) is -1.64. The highest BCUT2D eigenvalue weighted by Gasteiger charge is 2.21. The number of nitrogens with one attached hydrogen (secondary N) is 1. The molecule has 132 valence electrons. The van der Waals surface area contributed by atoms with E-state index >= 15 is 0 Å². The highest BCUT2D eigenvalue weighted by molar-refractivity contribution is 5.78. The Labute approximate surface area is 139 Å². The Balaban J connectivity index is 1.74. The summed E-state index contributed by atoms with van der Waals surface area (Å²) >= 11 is 0. The van der Waals surface area contributed by atoms with Gasteiger partial charge in [0.15, 0.2) is 0 Å². The number of carboxylic acids is 1. The number of hydrogen-bond acceptors (Lipinski definition) is 4. The number of halogens is 1. The second-order valence-corrected chi connectivity index (χ2v) is 5.73. The average Bonchev–Trinajstić information content (AvgIpc) is 2.59. The molecule has 2 atom stereocenters. The lowest BCUT2D eigenvalue weighted by molar-refractivity contribution is -0.145. The van der Waals surface area contributed by atoms with Crippen molar-refractivity contribution in [2.45, 2.75) is 44.3 Å². The van der Waals surface area contributed by atoms with Crippen LogP contribution in [-0.4, -0.2) is 42.3 Å². The van der Waals surface area contributed by atoms with Crippen LogP contribution in [0.2, 0.25) is 0 Å². The molecule has 1 aromatic rings. The molecule has 1 aliphatic rings. The Morgan fingerprint density at radius 2 is 2.08 bits per heavy atom. The minimum absolute atomic E-state index is 0.107. The summed E-state index contributed by atoms with van der Waals surface area (Å²) in [4.78, 5) is 23.1. The number of benzene rings is 1. The van der Waals surface area contributed by atoms with Gasteiger partial charge in [-0.25, -0.2) is 9.18 Å². The molecule has 7 heteroatoms. The van der Waals surface area contributed by atoms with Crippen molar-refractivity contribution in [3.05, 3.63) is 30.1 Å². The summed E-state index contributed by atoms with van der Waals surface area (Å²) < 4.78 is 23.7. The third-order valence-corrected chi connectivity index (χ3v) is 3.82. The van der Waals surface area contributed by atoms with Crippen molar-refractivity contribution in [3.8, 4) is 5.75 Å². The van der Waals surface area contributed by atoms with Gasteiger partial charge < -0.3 is 19.9 Å². The maximum absolute atomic E-state index is 12.8. The first-order chi connectivity index (χ1) is 11.5. The second-order valence-electron chi connectivity index (χ2n) is 5.73. The number of carboxylic acid groups (broad SMARTS) is 1. The number of rotatable bonds is 8. The van der Waals surface area contributed by atoms with Crippen LogP contribution in [-0.2, 0) is 14.3 Å². The summed E-state index contributed by atoms with van der Waals surface area (Å²) in [7, 11) is 0. The number of ether oxygens (including phenoxy) is 2. The van der Waals surface area contributed by atoms with Crippen LogP contribution in [0.15, 0.2) is 24.3 Å². The van der Waals surface area contributed by atoms with Crippen molar-refractivity contribution in [1.29, 1.82) is 0 Å². The maximum Gasteiger partial charge on any atom is 0.346 e. The molecule has 0 saturated carbocycles. The lowest BCUT2D eigenvalue weighted by Gasteiger charge is -2.22. The highest BCUT2D eigenvalue weighted by atomic mass is 19.1. The maximum atomic E-state index is 12.8. The molecule has 0 spiro atoms. The van der Waals surface area contributed by atoms with E-state index in [4.69, 9.17) is 14.6 Å². The van der Waals surface area contributed by atoms with Crippen molar-refractivity contribution < 1.29 is 28.6 Å². The van der Waals surface area contributed by atoms with E-state index in [1.807, 2.05) is 0 Å². The summed E-state index contributed by atoms with van der Waals surface area (Å²) in [6, 6.07) is 5.04. The molecule has 0 bridgehead atoms. The van der Waals surface area contributed by atoms with Gasteiger partial charge in [-0.05, 0) is 49.9 Å². The highest BCUT2D eigenvalue weighted by Crippen LogP contribution is 2.17. The van der Waals surface area contributed by atoms with Crippen LogP contribution >= 0.6 is 0 Å². The van der Waals surface area contributed by atoms with Gasteiger partial charge in [0.2, 0.25) is 12.0 Å². The quantitative estimate of drug-likeness (QED) is 0.758. The van der Waals surface area contributed by atoms with Crippen LogP contribution in [0, 0.1) is 5.82 Å². The average molecular weight is 339 g/mol. The van der Waals surface area contributed by atoms with E-state index in [0.717, 1.165) is 25.9 Å². The number of aliphatic carboxylic acids is 1. The molecule has 1 aliphatic heterocycles. The summed E-state index contributed by atoms with van der Waals surface area (Å²) in [5, 5.41) is 11.7. The number of amides is 1. The molecule has 1 heterocycles. The third-order valence-electron chi connectivity index (χ3n) is 3.82. The van der Waals surface area contributed by atoms with E-state index in [1.54, 1.807) is 0 Å². The van der Waals surface area contributed by atoms with E-state index in [9.17, 15) is 14.0 Å². The van der Waals surface area contributed by atoms with E-state index < -0.39 is 17.9 Å². The van der Waals surface area contributed by atoms with Gasteiger partial charge in [-0.15, -0.1) is 0 Å². The molecule has 6 nitrogen and oxygen atoms in total. The normalized spacial score (nSPS) is 18.6. The number of carbonyl (C=O) groups excluding carboxylic acids is 1. The standard InChI is InChI=1S/C17H22FNO5/c18-12-4-6-14(7-5-12)24-15(17(21)22)11-19-16(20)9-8-13-3-1-2-10-23-13/h4-7,13,15H,1-3,8-11H2,(H,19,20)(H,21,22). The fourth-order valence-corrected chi connectivity index (χ4v) is 2.48. The molecular formula is C17H22FNO5. The van der Waals surface area contributed by atoms with Crippen molar-refractivity contribution in [3.63, 3.8) is 0 Å². The van der Waals surface area contributed by atoms with Gasteiger partial charge in [0, 0.05) is 13.0 Å². The van der Waals surface area contributed by atoms with Crippen molar-refractivity contribution in [2.75, 3.05) is 13.2 Å². The molecular weight excluding hydrogens is 317 g/mol. The second kappa shape index (κ2) is 9.22. The Morgan fingerprint density at radius 1 is 1.33 bits per heavy atom. The zero-order valence-corrected chi connectivity index (χ0v) is 13.4. The molecule has 2 N–H and O–H groups in total. The van der Waals surface area contributed by atoms with Crippen LogP contribution in [0.4, 0.5) is 4.39 Å². The first-order valence-electron chi connectivity index (χ1n) is 8.08. The Hall–Kier alpha value is -2.15. The van der Waals surface area contributed by atoms with Gasteiger partial charge in [0.1, 0.15) is 11.6 Å². The Kier molecular flexibility index (Phi) is 6.99. The van der Waals surface area contributed by atoms with Crippen molar-refractivity contribution >= 4 is 11.9 Å². The molecule has 24 heavy (non-hydrogen) atoms. The van der Waals surface area contributed by atoms with Gasteiger partial charge in [-0.1, -0.05) is 0 Å². The van der Waals surface area contributed by atoms with Crippen LogP contribution in [0.5, 0.6) is 5.75 Å². The molecule has 0 aliphatic carbocycles. The molecule has 0 radical (unpaired) electrons. The predicted octanol–water partition coefficient (Wildman–Crippen LogP) is 2.12. The Bertz CT molecular complexity index is 542. The number of carbonyl (C=O) groups is 2. The molecule has 2 unspecified atom stereocenters. The SMILES string of the molecule is O=C(CCC1CCCCO1)NCC(Oc1ccc(F)cc1)C(=O)O. The summed E-state index contributed by atoms with van der Waals surface area (Å²) in [5.41, 5.74) is 0. The van der Waals surface area contributed by atoms with Crippen molar-refractivity contribution in [2.24, 2.45) is 0 Å². The molecule has 1 aromatic carbocycles. The van der Waals surface area contributed by atoms with Gasteiger partial charge in [0.25, 0.3) is 0 Å². The summed E-state index contributed by atoms with van der Waals surface area (Å²) in [6.07, 6.45) is 2.91. The smallest absolute Gasteiger partial charge is 0.346 e. The van der Waals surface area contributed by atoms with Crippen LogP contribution in [0.3, 0.4) is 0 Å².